The first-order valence-corrected chi connectivity index (χ1v) is 36.0. The van der Waals surface area contributed by atoms with E-state index in [2.05, 4.69) is 151 Å². The average Bonchev–Trinajstić information content (AvgIpc) is 1.83. The average molecular weight is 1430 g/mol. The molecular formula is C72H81Br3N4O4S4. The minimum Gasteiger partial charge on any atom is -0.294 e. The number of halogens is 3. The molecule has 8 nitrogen and oxygen atoms in total. The summed E-state index contributed by atoms with van der Waals surface area (Å²) in [5, 5.41) is 3.97. The topological polar surface area (TPSA) is 120 Å². The van der Waals surface area contributed by atoms with Crippen LogP contribution in [0.1, 0.15) is 222 Å². The van der Waals surface area contributed by atoms with E-state index in [9.17, 15) is 19.2 Å². The van der Waals surface area contributed by atoms with Gasteiger partial charge in [0.1, 0.15) is 10.0 Å². The van der Waals surface area contributed by atoms with Gasteiger partial charge in [0, 0.05) is 61.2 Å². The number of alkyl halides is 2. The number of ketones is 4. The van der Waals surface area contributed by atoms with Crippen molar-refractivity contribution in [1.29, 1.82) is 0 Å². The molecular weight excluding hydrogens is 1350 g/mol. The molecule has 87 heavy (non-hydrogen) atoms. The van der Waals surface area contributed by atoms with Crippen molar-refractivity contribution >= 4 is 122 Å². The molecule has 0 aliphatic heterocycles. The van der Waals surface area contributed by atoms with Gasteiger partial charge in [0.05, 0.1) is 51.6 Å². The van der Waals surface area contributed by atoms with Crippen molar-refractivity contribution in [2.75, 3.05) is 0 Å². The Morgan fingerprint density at radius 1 is 0.494 bits per heavy atom. The fraction of sp³-hybridized carbons (Fsp3) is 0.417. The number of thiazole rings is 4. The van der Waals surface area contributed by atoms with Crippen LogP contribution in [0.4, 0.5) is 0 Å². The highest BCUT2D eigenvalue weighted by atomic mass is 79.9. The van der Waals surface area contributed by atoms with Gasteiger partial charge in [-0.25, -0.2) is 19.9 Å². The van der Waals surface area contributed by atoms with Crippen molar-refractivity contribution in [3.63, 3.8) is 0 Å². The molecule has 458 valence electrons. The Kier molecular flexibility index (Phi) is 22.8. The number of Topliss-reactive ketones (excluding diaryl/α,β-unsaturated/α-hetero) is 4. The van der Waals surface area contributed by atoms with Gasteiger partial charge in [-0.1, -0.05) is 177 Å². The number of hydrogen-bond donors (Lipinski definition) is 0. The monoisotopic (exact) mass is 1430 g/mol. The molecule has 0 atom stereocenters. The molecule has 4 aromatic heterocycles. The molecule has 15 heteroatoms. The van der Waals surface area contributed by atoms with Crippen LogP contribution in [0, 0.1) is 37.0 Å². The van der Waals surface area contributed by atoms with Gasteiger partial charge in [0.15, 0.2) is 27.0 Å². The minimum atomic E-state index is -0.0982. The second kappa shape index (κ2) is 29.0. The maximum atomic E-state index is 12.3. The molecule has 0 amide bonds. The molecule has 2 saturated carbocycles. The van der Waals surface area contributed by atoms with E-state index in [0.717, 1.165) is 126 Å². The van der Waals surface area contributed by atoms with E-state index in [4.69, 9.17) is 15.0 Å². The van der Waals surface area contributed by atoms with Gasteiger partial charge >= 0.3 is 0 Å². The summed E-state index contributed by atoms with van der Waals surface area (Å²) >= 11 is 17.0. The third kappa shape index (κ3) is 17.0. The fourth-order valence-corrected chi connectivity index (χ4v) is 17.2. The molecule has 0 radical (unpaired) electrons. The third-order valence-electron chi connectivity index (χ3n) is 17.1. The summed E-state index contributed by atoms with van der Waals surface area (Å²) in [6.45, 7) is 26.7. The van der Waals surface area contributed by atoms with Crippen molar-refractivity contribution in [3.8, 4) is 45.0 Å². The number of nitrogens with zero attached hydrogens (tertiary/aromatic N) is 4. The van der Waals surface area contributed by atoms with Crippen molar-refractivity contribution < 1.29 is 19.2 Å². The highest BCUT2D eigenvalue weighted by Gasteiger charge is 2.41. The lowest BCUT2D eigenvalue weighted by atomic mass is 9.73. The number of hydrogen-bond acceptors (Lipinski definition) is 12. The van der Waals surface area contributed by atoms with Crippen LogP contribution in [-0.4, -0.2) is 43.1 Å². The summed E-state index contributed by atoms with van der Waals surface area (Å²) in [5.41, 5.74) is 14.7. The Bertz CT molecular complexity index is 3820. The largest absolute Gasteiger partial charge is 0.294 e. The van der Waals surface area contributed by atoms with Gasteiger partial charge in [-0.05, 0) is 151 Å². The molecule has 0 spiro atoms. The van der Waals surface area contributed by atoms with E-state index in [0.29, 0.717) is 27.0 Å². The first kappa shape index (κ1) is 68.2. The van der Waals surface area contributed by atoms with Crippen LogP contribution in [0.25, 0.3) is 50.6 Å². The van der Waals surface area contributed by atoms with Gasteiger partial charge in [-0.2, -0.15) is 0 Å². The standard InChI is InChI=1S/C20H23Br2NOS.C20H25NOS.C20H23NOS.C12H10BrNOS/c1-13(24)17-16(15-7-5-4-6-14(15)12-21)23-18(25-17)20(22)10-8-19(2,3)9-11-20;2*1-13-7-5-6-8-16(13)17-18(14(2)22)23-19(21-17)15-9-11-20(3,4)12-10-15;1-7-5-3-4-6-9(7)10-11(8(2)15)16-12(13)14-10/h4-7H,8-12H2,1-3H3;5-8,15H,9-12H2,1-4H3;5-9H,10-12H2,1-4H3;3-6H,1-2H3. The zero-order chi connectivity index (χ0) is 63.2. The molecule has 3 aliphatic carbocycles. The van der Waals surface area contributed by atoms with Gasteiger partial charge in [0.25, 0.3) is 0 Å². The molecule has 0 N–H and O–H groups in total. The Hall–Kier alpha value is -4.74. The van der Waals surface area contributed by atoms with E-state index in [1.807, 2.05) is 67.6 Å². The predicted molar refractivity (Wildman–Crippen MR) is 378 cm³/mol. The molecule has 0 saturated heterocycles. The Balaban J connectivity index is 0.000000152. The van der Waals surface area contributed by atoms with Crippen molar-refractivity contribution in [1.82, 2.24) is 19.9 Å². The van der Waals surface area contributed by atoms with Crippen LogP contribution in [0.3, 0.4) is 0 Å². The first-order chi connectivity index (χ1) is 41.1. The summed E-state index contributed by atoms with van der Waals surface area (Å²) in [4.78, 5) is 70.3. The van der Waals surface area contributed by atoms with Gasteiger partial charge in [-0.3, -0.25) is 19.2 Å². The van der Waals surface area contributed by atoms with Crippen molar-refractivity contribution in [3.05, 3.63) is 164 Å². The normalized spacial score (nSPS) is 16.6. The second-order valence-corrected chi connectivity index (χ2v) is 33.3. The van der Waals surface area contributed by atoms with Crippen molar-refractivity contribution in [2.24, 2.45) is 16.2 Å². The number of carbonyl (C=O) groups excluding carboxylic acids is 4. The number of aryl methyl sites for hydroxylation is 3. The molecule has 3 aliphatic rings. The van der Waals surface area contributed by atoms with Crippen LogP contribution in [0.2, 0.25) is 0 Å². The fourth-order valence-electron chi connectivity index (χ4n) is 11.3. The lowest BCUT2D eigenvalue weighted by Crippen LogP contribution is -2.29. The van der Waals surface area contributed by atoms with Crippen LogP contribution < -0.4 is 0 Å². The molecule has 8 aromatic rings. The van der Waals surface area contributed by atoms with E-state index < -0.39 is 0 Å². The second-order valence-electron chi connectivity index (χ2n) is 25.9. The zero-order valence-corrected chi connectivity index (χ0v) is 60.6. The predicted octanol–water partition coefficient (Wildman–Crippen LogP) is 23.1. The third-order valence-corrected chi connectivity index (χ3v) is 24.7. The van der Waals surface area contributed by atoms with E-state index >= 15 is 0 Å². The molecule has 0 bridgehead atoms. The zero-order valence-electron chi connectivity index (χ0n) is 52.6. The number of aromatic nitrogens is 4. The van der Waals surface area contributed by atoms with E-state index in [1.54, 1.807) is 61.7 Å². The van der Waals surface area contributed by atoms with E-state index in [-0.39, 0.29) is 27.5 Å². The van der Waals surface area contributed by atoms with Crippen molar-refractivity contribution in [2.45, 2.75) is 176 Å². The molecule has 11 rings (SSSR count). The quantitative estimate of drug-likeness (QED) is 0.0876. The summed E-state index contributed by atoms with van der Waals surface area (Å²) in [6, 6.07) is 32.5. The minimum absolute atomic E-state index is 0.0569. The first-order valence-electron chi connectivity index (χ1n) is 30.0. The molecule has 2 fully saturated rings. The summed E-state index contributed by atoms with van der Waals surface area (Å²) in [7, 11) is 0. The number of allylic oxidation sites excluding steroid dienone is 2. The summed E-state index contributed by atoms with van der Waals surface area (Å²) in [6.07, 6.45) is 14.9. The number of benzene rings is 4. The van der Waals surface area contributed by atoms with Gasteiger partial charge in [-0.15, -0.1) is 45.3 Å². The molecule has 0 unspecified atom stereocenters. The van der Waals surface area contributed by atoms with Crippen LogP contribution in [0.5, 0.6) is 0 Å². The van der Waals surface area contributed by atoms with Crippen LogP contribution in [0.15, 0.2) is 107 Å². The maximum absolute atomic E-state index is 12.3. The van der Waals surface area contributed by atoms with Crippen LogP contribution in [-0.2, 0) is 9.65 Å². The SMILES string of the molecule is CC(=O)c1sc(Br)nc1-c1ccccc1C.CC(=O)c1sc(C2(Br)CCC(C)(C)CC2)nc1-c1ccccc1CBr.CC(=O)c1sc(C2=CCC(C)(C)CC2)nc1-c1ccccc1C.CC(=O)c1sc(C2CCC(C)(C)CC2)nc1-c1ccccc1C. The summed E-state index contributed by atoms with van der Waals surface area (Å²) < 4.78 is 0.648. The van der Waals surface area contributed by atoms with E-state index in [1.165, 1.54) is 67.4 Å². The Labute approximate surface area is 557 Å². The smallest absolute Gasteiger partial charge is 0.172 e. The maximum Gasteiger partial charge on any atom is 0.172 e. The molecule has 4 aromatic carbocycles. The Morgan fingerprint density at radius 2 is 0.920 bits per heavy atom. The lowest BCUT2D eigenvalue weighted by molar-refractivity contribution is 0.101. The number of rotatable bonds is 12. The summed E-state index contributed by atoms with van der Waals surface area (Å²) in [5.74, 6) is 0.896. The highest BCUT2D eigenvalue weighted by molar-refractivity contribution is 9.11. The van der Waals surface area contributed by atoms with Crippen LogP contribution >= 0.6 is 93.1 Å². The lowest BCUT2D eigenvalue weighted by Gasteiger charge is -2.38. The van der Waals surface area contributed by atoms with Gasteiger partial charge in [0.2, 0.25) is 0 Å². The molecule has 4 heterocycles. The Morgan fingerprint density at radius 3 is 1.40 bits per heavy atom. The number of carbonyl (C=O) groups is 4. The van der Waals surface area contributed by atoms with Gasteiger partial charge < -0.3 is 0 Å². The highest BCUT2D eigenvalue weighted by Crippen LogP contribution is 2.53.